The number of aromatic amines is 1. The predicted molar refractivity (Wildman–Crippen MR) is 91.4 cm³/mol. The van der Waals surface area contributed by atoms with Gasteiger partial charge in [-0.2, -0.15) is 0 Å². The number of aromatic nitrogens is 4. The molecule has 4 heterocycles. The van der Waals surface area contributed by atoms with Gasteiger partial charge in [-0.25, -0.2) is 4.98 Å². The number of H-pyrrole nitrogens is 1. The fourth-order valence-electron chi connectivity index (χ4n) is 2.43. The summed E-state index contributed by atoms with van der Waals surface area (Å²) in [6, 6.07) is 11.3. The highest BCUT2D eigenvalue weighted by atomic mass is 32.1. The van der Waals surface area contributed by atoms with Crippen molar-refractivity contribution in [2.45, 2.75) is 6.92 Å². The van der Waals surface area contributed by atoms with Gasteiger partial charge in [-0.3, -0.25) is 14.8 Å². The Bertz CT molecular complexity index is 1050. The normalized spacial score (nSPS) is 11.0. The van der Waals surface area contributed by atoms with Gasteiger partial charge in [0.1, 0.15) is 10.4 Å². The number of pyridine rings is 2. The lowest BCUT2D eigenvalue weighted by Crippen LogP contribution is -2.08. The molecule has 4 aromatic rings. The first kappa shape index (κ1) is 13.8. The molecular weight excluding hydrogens is 308 g/mol. The summed E-state index contributed by atoms with van der Waals surface area (Å²) in [7, 11) is 0. The first-order chi connectivity index (χ1) is 11.2. The summed E-state index contributed by atoms with van der Waals surface area (Å²) in [5, 5.41) is 1.93. The maximum atomic E-state index is 12.4. The van der Waals surface area contributed by atoms with E-state index >= 15 is 0 Å². The molecule has 4 aromatic heterocycles. The van der Waals surface area contributed by atoms with Gasteiger partial charge in [-0.05, 0) is 31.2 Å². The summed E-state index contributed by atoms with van der Waals surface area (Å²) in [6.45, 7) is 1.94. The molecule has 0 aromatic carbocycles. The molecule has 0 saturated heterocycles. The molecule has 0 bridgehead atoms. The van der Waals surface area contributed by atoms with Crippen molar-refractivity contribution < 1.29 is 0 Å². The van der Waals surface area contributed by atoms with E-state index < -0.39 is 0 Å². The van der Waals surface area contributed by atoms with Crippen LogP contribution in [0.15, 0.2) is 52.8 Å². The van der Waals surface area contributed by atoms with Gasteiger partial charge in [0.25, 0.3) is 5.56 Å². The van der Waals surface area contributed by atoms with Crippen molar-refractivity contribution in [3.8, 4) is 22.8 Å². The zero-order valence-electron chi connectivity index (χ0n) is 12.3. The lowest BCUT2D eigenvalue weighted by atomic mass is 10.2. The van der Waals surface area contributed by atoms with Crippen molar-refractivity contribution in [2.75, 3.05) is 0 Å². The number of aryl methyl sites for hydroxylation is 1. The van der Waals surface area contributed by atoms with Crippen LogP contribution in [0.5, 0.6) is 0 Å². The first-order valence-corrected chi connectivity index (χ1v) is 7.97. The molecule has 0 radical (unpaired) electrons. The van der Waals surface area contributed by atoms with Gasteiger partial charge in [0.2, 0.25) is 0 Å². The van der Waals surface area contributed by atoms with Crippen molar-refractivity contribution in [1.29, 1.82) is 0 Å². The molecule has 0 spiro atoms. The fraction of sp³-hybridized carbons (Fsp3) is 0.0588. The molecule has 4 rings (SSSR count). The fourth-order valence-corrected chi connectivity index (χ4v) is 3.32. The minimum absolute atomic E-state index is 0.153. The van der Waals surface area contributed by atoms with Crippen LogP contribution in [0.4, 0.5) is 0 Å². The molecule has 0 aliphatic rings. The highest BCUT2D eigenvalue weighted by molar-refractivity contribution is 7.17. The van der Waals surface area contributed by atoms with Gasteiger partial charge < -0.3 is 4.98 Å². The van der Waals surface area contributed by atoms with Crippen LogP contribution in [-0.4, -0.2) is 19.9 Å². The maximum Gasteiger partial charge on any atom is 0.269 e. The third-order valence-electron chi connectivity index (χ3n) is 3.50. The molecule has 112 valence electrons. The van der Waals surface area contributed by atoms with Gasteiger partial charge in [-0.1, -0.05) is 12.1 Å². The predicted octanol–water partition coefficient (Wildman–Crippen LogP) is 3.42. The maximum absolute atomic E-state index is 12.4. The lowest BCUT2D eigenvalue weighted by molar-refractivity contribution is 1.15. The third kappa shape index (κ3) is 2.43. The van der Waals surface area contributed by atoms with E-state index in [2.05, 4.69) is 19.9 Å². The number of rotatable bonds is 2. The monoisotopic (exact) mass is 320 g/mol. The number of hydrogen-bond donors (Lipinski definition) is 1. The summed E-state index contributed by atoms with van der Waals surface area (Å²) in [5.74, 6) is 0.468. The van der Waals surface area contributed by atoms with Crippen molar-refractivity contribution in [3.63, 3.8) is 0 Å². The molecule has 0 atom stereocenters. The minimum Gasteiger partial charge on any atom is -0.304 e. The van der Waals surface area contributed by atoms with Crippen molar-refractivity contribution >= 4 is 21.6 Å². The summed E-state index contributed by atoms with van der Waals surface area (Å²) >= 11 is 1.38. The smallest absolute Gasteiger partial charge is 0.269 e. The average Bonchev–Trinajstić information content (AvgIpc) is 3.00. The third-order valence-corrected chi connectivity index (χ3v) is 4.47. The summed E-state index contributed by atoms with van der Waals surface area (Å²) in [5.41, 5.74) is 3.77. The average molecular weight is 320 g/mol. The van der Waals surface area contributed by atoms with E-state index in [9.17, 15) is 4.79 Å². The quantitative estimate of drug-likeness (QED) is 0.614. The molecule has 0 aliphatic heterocycles. The summed E-state index contributed by atoms with van der Waals surface area (Å²) < 4.78 is 0.600. The van der Waals surface area contributed by atoms with E-state index in [1.54, 1.807) is 6.20 Å². The Morgan fingerprint density at radius 1 is 1.04 bits per heavy atom. The summed E-state index contributed by atoms with van der Waals surface area (Å²) in [4.78, 5) is 28.6. The van der Waals surface area contributed by atoms with Gasteiger partial charge in [0.15, 0.2) is 5.82 Å². The van der Waals surface area contributed by atoms with E-state index in [4.69, 9.17) is 0 Å². The Hall–Kier alpha value is -2.86. The van der Waals surface area contributed by atoms with Crippen LogP contribution < -0.4 is 5.56 Å². The van der Waals surface area contributed by atoms with Crippen LogP contribution in [-0.2, 0) is 0 Å². The zero-order valence-corrected chi connectivity index (χ0v) is 13.1. The summed E-state index contributed by atoms with van der Waals surface area (Å²) in [6.07, 6.45) is 1.68. The van der Waals surface area contributed by atoms with E-state index in [1.165, 1.54) is 11.3 Å². The Morgan fingerprint density at radius 2 is 1.91 bits per heavy atom. The number of thiophene rings is 1. The molecule has 0 amide bonds. The molecule has 0 aliphatic carbocycles. The second-order valence-corrected chi connectivity index (χ2v) is 6.00. The Labute approximate surface area is 135 Å². The Balaban J connectivity index is 1.98. The van der Waals surface area contributed by atoms with Crippen LogP contribution in [0.1, 0.15) is 5.69 Å². The molecule has 1 N–H and O–H groups in total. The van der Waals surface area contributed by atoms with E-state index in [1.807, 2.05) is 48.7 Å². The first-order valence-electron chi connectivity index (χ1n) is 7.09. The van der Waals surface area contributed by atoms with Crippen molar-refractivity contribution in [1.82, 2.24) is 19.9 Å². The number of fused-ring (bicyclic) bond motifs is 1. The Morgan fingerprint density at radius 3 is 2.70 bits per heavy atom. The SMILES string of the molecule is Cc1cccc(-c2csc3c(=O)[nH]c(-c4ccccn4)nc23)n1. The van der Waals surface area contributed by atoms with Crippen molar-refractivity contribution in [3.05, 3.63) is 64.0 Å². The second kappa shape index (κ2) is 5.40. The largest absolute Gasteiger partial charge is 0.304 e. The van der Waals surface area contributed by atoms with E-state index in [0.717, 1.165) is 17.0 Å². The van der Waals surface area contributed by atoms with Gasteiger partial charge in [0.05, 0.1) is 11.2 Å². The van der Waals surface area contributed by atoms with E-state index in [0.29, 0.717) is 21.7 Å². The zero-order chi connectivity index (χ0) is 15.8. The molecule has 0 unspecified atom stereocenters. The number of nitrogens with zero attached hydrogens (tertiary/aromatic N) is 3. The molecule has 0 saturated carbocycles. The highest BCUT2D eigenvalue weighted by Gasteiger charge is 2.14. The minimum atomic E-state index is -0.153. The van der Waals surface area contributed by atoms with E-state index in [-0.39, 0.29) is 5.56 Å². The Kier molecular flexibility index (Phi) is 3.24. The van der Waals surface area contributed by atoms with Crippen LogP contribution in [0, 0.1) is 6.92 Å². The van der Waals surface area contributed by atoms with Gasteiger partial charge >= 0.3 is 0 Å². The topological polar surface area (TPSA) is 71.5 Å². The van der Waals surface area contributed by atoms with Crippen molar-refractivity contribution in [2.24, 2.45) is 0 Å². The number of nitrogens with one attached hydrogen (secondary N) is 1. The molecule has 5 nitrogen and oxygen atoms in total. The molecule has 23 heavy (non-hydrogen) atoms. The lowest BCUT2D eigenvalue weighted by Gasteiger charge is -2.02. The highest BCUT2D eigenvalue weighted by Crippen LogP contribution is 2.30. The molecule has 0 fully saturated rings. The van der Waals surface area contributed by atoms with Crippen LogP contribution >= 0.6 is 11.3 Å². The molecule has 6 heteroatoms. The van der Waals surface area contributed by atoms with Crippen LogP contribution in [0.3, 0.4) is 0 Å². The van der Waals surface area contributed by atoms with Crippen LogP contribution in [0.2, 0.25) is 0 Å². The van der Waals surface area contributed by atoms with Gasteiger partial charge in [-0.15, -0.1) is 11.3 Å². The number of hydrogen-bond acceptors (Lipinski definition) is 5. The van der Waals surface area contributed by atoms with Gasteiger partial charge in [0, 0.05) is 22.8 Å². The molecular formula is C17H12N4OS. The second-order valence-electron chi connectivity index (χ2n) is 5.12. The van der Waals surface area contributed by atoms with Crippen LogP contribution in [0.25, 0.3) is 33.0 Å². The standard InChI is InChI=1S/C17H12N4OS/c1-10-5-4-7-12(19-10)11-9-23-15-14(11)20-16(21-17(15)22)13-6-2-3-8-18-13/h2-9H,1H3,(H,20,21,22).